The van der Waals surface area contributed by atoms with Crippen LogP contribution in [-0.2, 0) is 22.8 Å². The molecule has 4 amide bonds. The zero-order chi connectivity index (χ0) is 28.1. The number of imide groups is 2. The Labute approximate surface area is 236 Å². The number of rotatable bonds is 8. The molecule has 1 N–H and O–H groups in total. The molecule has 200 valence electrons. The minimum Gasteiger partial charge on any atom is -0.489 e. The first-order valence-corrected chi connectivity index (χ1v) is 12.9. The van der Waals surface area contributed by atoms with Gasteiger partial charge in [0, 0.05) is 10.6 Å². The van der Waals surface area contributed by atoms with Crippen molar-refractivity contribution in [1.82, 2.24) is 5.32 Å². The lowest BCUT2D eigenvalue weighted by Crippen LogP contribution is -2.54. The highest BCUT2D eigenvalue weighted by Crippen LogP contribution is 2.26. The summed E-state index contributed by atoms with van der Waals surface area (Å²) < 4.78 is 11.6. The van der Waals surface area contributed by atoms with Crippen LogP contribution in [-0.4, -0.2) is 17.8 Å². The van der Waals surface area contributed by atoms with Gasteiger partial charge in [-0.2, -0.15) is 0 Å². The van der Waals surface area contributed by atoms with E-state index in [4.69, 9.17) is 21.1 Å². The number of urea groups is 1. The lowest BCUT2D eigenvalue weighted by Gasteiger charge is -2.26. The fourth-order valence-electron chi connectivity index (χ4n) is 4.04. The van der Waals surface area contributed by atoms with Gasteiger partial charge in [0.15, 0.2) is 0 Å². The molecule has 0 spiro atoms. The van der Waals surface area contributed by atoms with Gasteiger partial charge in [0.25, 0.3) is 11.8 Å². The lowest BCUT2D eigenvalue weighted by molar-refractivity contribution is -0.122. The standard InChI is InChI=1S/C32H25ClN2O5/c1-21-6-8-23(9-7-21)19-39-26-14-10-22(11-15-26)18-28-30(36)34-32(38)35(31(28)37)25-12-16-27(17-13-25)40-20-24-4-2-3-5-29(24)33/h2-18H,19-20H2,1H3,(H,34,36,38)/b28-18+. The van der Waals surface area contributed by atoms with Gasteiger partial charge < -0.3 is 9.47 Å². The number of carbonyl (C=O) groups is 3. The molecule has 0 radical (unpaired) electrons. The third-order valence-corrected chi connectivity index (χ3v) is 6.63. The third-order valence-electron chi connectivity index (χ3n) is 6.27. The van der Waals surface area contributed by atoms with Crippen molar-refractivity contribution in [3.8, 4) is 11.5 Å². The molecule has 1 aliphatic heterocycles. The number of amides is 4. The molecule has 0 unspecified atom stereocenters. The summed E-state index contributed by atoms with van der Waals surface area (Å²) in [5, 5.41) is 2.84. The Hall–Kier alpha value is -4.88. The van der Waals surface area contributed by atoms with Gasteiger partial charge in [-0.15, -0.1) is 0 Å². The largest absolute Gasteiger partial charge is 0.489 e. The lowest BCUT2D eigenvalue weighted by atomic mass is 10.1. The van der Waals surface area contributed by atoms with Gasteiger partial charge in [0.1, 0.15) is 30.3 Å². The summed E-state index contributed by atoms with van der Waals surface area (Å²) >= 11 is 6.17. The van der Waals surface area contributed by atoms with E-state index in [0.29, 0.717) is 34.4 Å². The van der Waals surface area contributed by atoms with E-state index in [0.717, 1.165) is 16.0 Å². The molecular formula is C32H25ClN2O5. The van der Waals surface area contributed by atoms with Gasteiger partial charge in [-0.1, -0.05) is 71.8 Å². The number of anilines is 1. The van der Waals surface area contributed by atoms with Gasteiger partial charge in [0.2, 0.25) is 0 Å². The van der Waals surface area contributed by atoms with Crippen LogP contribution in [0.3, 0.4) is 0 Å². The van der Waals surface area contributed by atoms with Crippen molar-refractivity contribution in [3.63, 3.8) is 0 Å². The van der Waals surface area contributed by atoms with E-state index in [1.165, 1.54) is 11.6 Å². The molecule has 8 heteroatoms. The number of aryl methyl sites for hydroxylation is 1. The van der Waals surface area contributed by atoms with Crippen molar-refractivity contribution >= 4 is 41.2 Å². The van der Waals surface area contributed by atoms with Crippen molar-refractivity contribution in [3.05, 3.63) is 130 Å². The van der Waals surface area contributed by atoms with E-state index >= 15 is 0 Å². The predicted molar refractivity (Wildman–Crippen MR) is 153 cm³/mol. The molecular weight excluding hydrogens is 528 g/mol. The Bertz CT molecular complexity index is 1580. The summed E-state index contributed by atoms with van der Waals surface area (Å²) in [7, 11) is 0. The number of nitrogens with one attached hydrogen (secondary N) is 1. The summed E-state index contributed by atoms with van der Waals surface area (Å²) in [6.45, 7) is 2.71. The molecule has 4 aromatic rings. The first-order valence-electron chi connectivity index (χ1n) is 12.5. The summed E-state index contributed by atoms with van der Waals surface area (Å²) in [4.78, 5) is 39.3. The van der Waals surface area contributed by atoms with Crippen LogP contribution in [0.1, 0.15) is 22.3 Å². The SMILES string of the molecule is Cc1ccc(COc2ccc(/C=C3\C(=O)NC(=O)N(c4ccc(OCc5ccccc5Cl)cc4)C3=O)cc2)cc1. The minimum atomic E-state index is -0.822. The second-order valence-corrected chi connectivity index (χ2v) is 9.58. The Morgan fingerprint density at radius 3 is 2.08 bits per heavy atom. The molecule has 1 aliphatic rings. The molecule has 0 aliphatic carbocycles. The normalized spacial score (nSPS) is 14.3. The first kappa shape index (κ1) is 26.7. The van der Waals surface area contributed by atoms with Gasteiger partial charge in [-0.3, -0.25) is 14.9 Å². The van der Waals surface area contributed by atoms with Gasteiger partial charge >= 0.3 is 6.03 Å². The zero-order valence-electron chi connectivity index (χ0n) is 21.6. The first-order chi connectivity index (χ1) is 19.4. The predicted octanol–water partition coefficient (Wildman–Crippen LogP) is 6.47. The van der Waals surface area contributed by atoms with E-state index in [9.17, 15) is 14.4 Å². The average molecular weight is 553 g/mol. The molecule has 40 heavy (non-hydrogen) atoms. The summed E-state index contributed by atoms with van der Waals surface area (Å²) in [5.74, 6) is -0.301. The Balaban J connectivity index is 1.26. The molecule has 1 saturated heterocycles. The van der Waals surface area contributed by atoms with Crippen LogP contribution >= 0.6 is 11.6 Å². The van der Waals surface area contributed by atoms with E-state index in [-0.39, 0.29) is 12.2 Å². The van der Waals surface area contributed by atoms with E-state index in [1.54, 1.807) is 54.6 Å². The number of ether oxygens (including phenoxy) is 2. The average Bonchev–Trinajstić information content (AvgIpc) is 2.96. The maximum absolute atomic E-state index is 13.2. The van der Waals surface area contributed by atoms with Gasteiger partial charge in [0.05, 0.1) is 5.69 Å². The number of benzene rings is 4. The highest BCUT2D eigenvalue weighted by molar-refractivity contribution is 6.39. The molecule has 0 bridgehead atoms. The van der Waals surface area contributed by atoms with E-state index in [1.807, 2.05) is 49.4 Å². The van der Waals surface area contributed by atoms with Crippen molar-refractivity contribution < 1.29 is 23.9 Å². The molecule has 1 heterocycles. The maximum Gasteiger partial charge on any atom is 0.335 e. The van der Waals surface area contributed by atoms with E-state index in [2.05, 4.69) is 5.32 Å². The summed E-state index contributed by atoms with van der Waals surface area (Å²) in [5.41, 5.74) is 3.80. The fraction of sp³-hybridized carbons (Fsp3) is 0.0938. The zero-order valence-corrected chi connectivity index (χ0v) is 22.4. The van der Waals surface area contributed by atoms with Crippen LogP contribution in [0.25, 0.3) is 6.08 Å². The summed E-state index contributed by atoms with van der Waals surface area (Å²) in [6.07, 6.45) is 1.45. The minimum absolute atomic E-state index is 0.160. The topological polar surface area (TPSA) is 84.9 Å². The van der Waals surface area contributed by atoms with Crippen LogP contribution in [0, 0.1) is 6.92 Å². The van der Waals surface area contributed by atoms with Crippen LogP contribution in [0.4, 0.5) is 10.5 Å². The number of barbiturate groups is 1. The maximum atomic E-state index is 13.2. The van der Waals surface area contributed by atoms with Crippen molar-refractivity contribution in [2.75, 3.05) is 4.90 Å². The molecule has 1 fully saturated rings. The molecule has 0 saturated carbocycles. The number of carbonyl (C=O) groups excluding carboxylic acids is 3. The monoisotopic (exact) mass is 552 g/mol. The van der Waals surface area contributed by atoms with Crippen molar-refractivity contribution in [1.29, 1.82) is 0 Å². The molecule has 0 atom stereocenters. The fourth-order valence-corrected chi connectivity index (χ4v) is 4.23. The smallest absolute Gasteiger partial charge is 0.335 e. The number of halogens is 1. The van der Waals surface area contributed by atoms with Crippen LogP contribution in [0.5, 0.6) is 11.5 Å². The highest BCUT2D eigenvalue weighted by Gasteiger charge is 2.36. The van der Waals surface area contributed by atoms with E-state index < -0.39 is 17.8 Å². The van der Waals surface area contributed by atoms with Gasteiger partial charge in [-0.05, 0) is 66.6 Å². The highest BCUT2D eigenvalue weighted by atomic mass is 35.5. The van der Waals surface area contributed by atoms with Gasteiger partial charge in [-0.25, -0.2) is 9.69 Å². The van der Waals surface area contributed by atoms with Crippen LogP contribution < -0.4 is 19.7 Å². The molecule has 5 rings (SSSR count). The van der Waals surface area contributed by atoms with Crippen LogP contribution in [0.2, 0.25) is 5.02 Å². The van der Waals surface area contributed by atoms with Crippen LogP contribution in [0.15, 0.2) is 103 Å². The summed E-state index contributed by atoms with van der Waals surface area (Å²) in [6, 6.07) is 28.0. The molecule has 4 aromatic carbocycles. The Kier molecular flexibility index (Phi) is 7.94. The quantitative estimate of drug-likeness (QED) is 0.200. The number of hydrogen-bond donors (Lipinski definition) is 1. The Morgan fingerprint density at radius 1 is 0.775 bits per heavy atom. The van der Waals surface area contributed by atoms with Crippen molar-refractivity contribution in [2.24, 2.45) is 0 Å². The third kappa shape index (κ3) is 6.22. The number of hydrogen-bond acceptors (Lipinski definition) is 5. The molecule has 0 aromatic heterocycles. The molecule has 7 nitrogen and oxygen atoms in total. The second-order valence-electron chi connectivity index (χ2n) is 9.18. The number of nitrogens with zero attached hydrogens (tertiary/aromatic N) is 1. The Morgan fingerprint density at radius 2 is 1.40 bits per heavy atom. The second kappa shape index (κ2) is 11.9. The van der Waals surface area contributed by atoms with Crippen molar-refractivity contribution in [2.45, 2.75) is 20.1 Å².